The van der Waals surface area contributed by atoms with E-state index >= 15 is 0 Å². The number of benzene rings is 1. The standard InChI is InChI=1S/C17H21ClN2S/c1-3-15(19)9-13-8-12(2)17(20-10-13)21-11-14-6-4-5-7-16(14)18/h4-8,10,15H,3,9,11,19H2,1-2H3. The van der Waals surface area contributed by atoms with Crippen molar-refractivity contribution >= 4 is 23.4 Å². The summed E-state index contributed by atoms with van der Waals surface area (Å²) in [5.41, 5.74) is 9.55. The number of pyridine rings is 1. The summed E-state index contributed by atoms with van der Waals surface area (Å²) in [5, 5.41) is 1.87. The minimum atomic E-state index is 0.216. The number of nitrogens with zero attached hydrogens (tertiary/aromatic N) is 1. The smallest absolute Gasteiger partial charge is 0.0992 e. The van der Waals surface area contributed by atoms with Crippen molar-refractivity contribution in [2.45, 2.75) is 43.5 Å². The van der Waals surface area contributed by atoms with Gasteiger partial charge in [0.1, 0.15) is 0 Å². The van der Waals surface area contributed by atoms with Crippen molar-refractivity contribution in [3.8, 4) is 0 Å². The lowest BCUT2D eigenvalue weighted by atomic mass is 10.1. The summed E-state index contributed by atoms with van der Waals surface area (Å²) < 4.78 is 0. The van der Waals surface area contributed by atoms with Gasteiger partial charge in [-0.1, -0.05) is 42.8 Å². The van der Waals surface area contributed by atoms with Crippen LogP contribution in [0.1, 0.15) is 30.0 Å². The number of hydrogen-bond donors (Lipinski definition) is 1. The van der Waals surface area contributed by atoms with Gasteiger partial charge in [-0.05, 0) is 42.5 Å². The van der Waals surface area contributed by atoms with Gasteiger partial charge >= 0.3 is 0 Å². The molecule has 2 N–H and O–H groups in total. The Hall–Kier alpha value is -1.03. The van der Waals surface area contributed by atoms with Crippen LogP contribution in [0, 0.1) is 6.92 Å². The fraction of sp³-hybridized carbons (Fsp3) is 0.353. The highest BCUT2D eigenvalue weighted by Crippen LogP contribution is 2.27. The zero-order valence-corrected chi connectivity index (χ0v) is 14.0. The summed E-state index contributed by atoms with van der Waals surface area (Å²) in [6, 6.07) is 10.3. The zero-order valence-electron chi connectivity index (χ0n) is 12.5. The Balaban J connectivity index is 2.03. The molecule has 0 aliphatic rings. The Morgan fingerprint density at radius 1 is 1.33 bits per heavy atom. The predicted molar refractivity (Wildman–Crippen MR) is 92.0 cm³/mol. The second-order valence-electron chi connectivity index (χ2n) is 5.22. The second kappa shape index (κ2) is 7.83. The lowest BCUT2D eigenvalue weighted by Gasteiger charge is -2.11. The summed E-state index contributed by atoms with van der Waals surface area (Å²) >= 11 is 7.90. The maximum atomic E-state index is 6.18. The van der Waals surface area contributed by atoms with Crippen molar-refractivity contribution in [3.05, 3.63) is 58.2 Å². The molecular formula is C17H21ClN2S. The van der Waals surface area contributed by atoms with Gasteiger partial charge in [0.2, 0.25) is 0 Å². The number of aromatic nitrogens is 1. The van der Waals surface area contributed by atoms with Crippen LogP contribution in [-0.4, -0.2) is 11.0 Å². The van der Waals surface area contributed by atoms with Gasteiger partial charge in [0, 0.05) is 23.0 Å². The van der Waals surface area contributed by atoms with Crippen LogP contribution in [0.15, 0.2) is 41.6 Å². The van der Waals surface area contributed by atoms with Crippen LogP contribution in [0.4, 0.5) is 0 Å². The molecule has 0 aliphatic heterocycles. The topological polar surface area (TPSA) is 38.9 Å². The third-order valence-electron chi connectivity index (χ3n) is 3.43. The van der Waals surface area contributed by atoms with Gasteiger partial charge in [0.25, 0.3) is 0 Å². The van der Waals surface area contributed by atoms with Crippen LogP contribution in [0.25, 0.3) is 0 Å². The highest BCUT2D eigenvalue weighted by atomic mass is 35.5. The van der Waals surface area contributed by atoms with Gasteiger partial charge in [-0.3, -0.25) is 0 Å². The average Bonchev–Trinajstić information content (AvgIpc) is 2.48. The molecule has 0 saturated heterocycles. The van der Waals surface area contributed by atoms with E-state index in [4.69, 9.17) is 17.3 Å². The van der Waals surface area contributed by atoms with E-state index in [-0.39, 0.29) is 6.04 Å². The maximum Gasteiger partial charge on any atom is 0.0992 e. The Bertz CT molecular complexity index is 601. The molecule has 1 atom stereocenters. The fourth-order valence-electron chi connectivity index (χ4n) is 2.09. The molecule has 0 bridgehead atoms. The quantitative estimate of drug-likeness (QED) is 0.790. The summed E-state index contributed by atoms with van der Waals surface area (Å²) in [4.78, 5) is 4.57. The zero-order chi connectivity index (χ0) is 15.2. The highest BCUT2D eigenvalue weighted by Gasteiger charge is 2.07. The fourth-order valence-corrected chi connectivity index (χ4v) is 3.33. The van der Waals surface area contributed by atoms with E-state index in [1.54, 1.807) is 11.8 Å². The van der Waals surface area contributed by atoms with Crippen molar-refractivity contribution in [2.75, 3.05) is 0 Å². The van der Waals surface area contributed by atoms with E-state index in [0.717, 1.165) is 34.2 Å². The van der Waals surface area contributed by atoms with E-state index in [1.165, 1.54) is 11.1 Å². The van der Waals surface area contributed by atoms with E-state index in [0.29, 0.717) is 0 Å². The SMILES string of the molecule is CCC(N)Cc1cnc(SCc2ccccc2Cl)c(C)c1. The molecule has 1 aromatic heterocycles. The Morgan fingerprint density at radius 3 is 2.76 bits per heavy atom. The van der Waals surface area contributed by atoms with E-state index in [1.807, 2.05) is 24.4 Å². The summed E-state index contributed by atoms with van der Waals surface area (Å²) in [6.45, 7) is 4.21. The van der Waals surface area contributed by atoms with Crippen molar-refractivity contribution in [1.82, 2.24) is 4.98 Å². The lowest BCUT2D eigenvalue weighted by molar-refractivity contribution is 0.644. The number of rotatable bonds is 6. The molecule has 21 heavy (non-hydrogen) atoms. The summed E-state index contributed by atoms with van der Waals surface area (Å²) in [6.07, 6.45) is 3.82. The molecule has 1 aromatic carbocycles. The van der Waals surface area contributed by atoms with Crippen LogP contribution < -0.4 is 5.73 Å². The van der Waals surface area contributed by atoms with Gasteiger partial charge in [-0.15, -0.1) is 11.8 Å². The predicted octanol–water partition coefficient (Wildman–Crippen LogP) is 4.62. The molecule has 0 saturated carbocycles. The van der Waals surface area contributed by atoms with Gasteiger partial charge in [-0.25, -0.2) is 4.98 Å². The molecule has 1 heterocycles. The Kier molecular flexibility index (Phi) is 6.09. The number of halogens is 1. The summed E-state index contributed by atoms with van der Waals surface area (Å²) in [5.74, 6) is 0.835. The Morgan fingerprint density at radius 2 is 2.10 bits per heavy atom. The van der Waals surface area contributed by atoms with Crippen molar-refractivity contribution in [2.24, 2.45) is 5.73 Å². The lowest BCUT2D eigenvalue weighted by Crippen LogP contribution is -2.21. The molecule has 4 heteroatoms. The third kappa shape index (κ3) is 4.73. The van der Waals surface area contributed by atoms with E-state index in [2.05, 4.69) is 31.0 Å². The number of thioether (sulfide) groups is 1. The summed E-state index contributed by atoms with van der Waals surface area (Å²) in [7, 11) is 0. The number of aryl methyl sites for hydroxylation is 1. The normalized spacial score (nSPS) is 12.4. The van der Waals surface area contributed by atoms with Gasteiger partial charge in [0.15, 0.2) is 0 Å². The molecule has 2 rings (SSSR count). The first kappa shape index (κ1) is 16.3. The van der Waals surface area contributed by atoms with E-state index in [9.17, 15) is 0 Å². The number of nitrogens with two attached hydrogens (primary N) is 1. The van der Waals surface area contributed by atoms with Crippen molar-refractivity contribution in [3.63, 3.8) is 0 Å². The minimum Gasteiger partial charge on any atom is -0.327 e. The molecule has 1 unspecified atom stereocenters. The Labute approximate surface area is 136 Å². The number of hydrogen-bond acceptors (Lipinski definition) is 3. The monoisotopic (exact) mass is 320 g/mol. The molecule has 2 nitrogen and oxygen atoms in total. The minimum absolute atomic E-state index is 0.216. The molecule has 2 aromatic rings. The molecule has 0 amide bonds. The van der Waals surface area contributed by atoms with Gasteiger partial charge in [-0.2, -0.15) is 0 Å². The first-order valence-corrected chi connectivity index (χ1v) is 8.53. The second-order valence-corrected chi connectivity index (χ2v) is 6.59. The molecule has 0 aliphatic carbocycles. The average molecular weight is 321 g/mol. The molecule has 0 fully saturated rings. The van der Waals surface area contributed by atoms with Crippen LogP contribution in [0.2, 0.25) is 5.02 Å². The van der Waals surface area contributed by atoms with Crippen molar-refractivity contribution in [1.29, 1.82) is 0 Å². The molecule has 0 radical (unpaired) electrons. The van der Waals surface area contributed by atoms with Crippen LogP contribution in [-0.2, 0) is 12.2 Å². The van der Waals surface area contributed by atoms with Crippen molar-refractivity contribution < 1.29 is 0 Å². The van der Waals surface area contributed by atoms with Gasteiger partial charge < -0.3 is 5.73 Å². The van der Waals surface area contributed by atoms with Gasteiger partial charge in [0.05, 0.1) is 5.03 Å². The largest absolute Gasteiger partial charge is 0.327 e. The van der Waals surface area contributed by atoms with Crippen LogP contribution in [0.5, 0.6) is 0 Å². The third-order valence-corrected chi connectivity index (χ3v) is 4.96. The molecular weight excluding hydrogens is 300 g/mol. The highest BCUT2D eigenvalue weighted by molar-refractivity contribution is 7.98. The molecule has 0 spiro atoms. The maximum absolute atomic E-state index is 6.18. The molecule has 112 valence electrons. The first-order valence-electron chi connectivity index (χ1n) is 7.17. The van der Waals surface area contributed by atoms with E-state index < -0.39 is 0 Å². The van der Waals surface area contributed by atoms with Crippen LogP contribution in [0.3, 0.4) is 0 Å². The van der Waals surface area contributed by atoms with Crippen LogP contribution >= 0.6 is 23.4 Å². The first-order chi connectivity index (χ1) is 10.1.